The molecule has 0 radical (unpaired) electrons. The molecule has 2 aromatic carbocycles. The zero-order valence-electron chi connectivity index (χ0n) is 16.4. The summed E-state index contributed by atoms with van der Waals surface area (Å²) in [5.74, 6) is 0.663. The van der Waals surface area contributed by atoms with Crippen molar-refractivity contribution >= 4 is 22.2 Å². The fourth-order valence-corrected chi connectivity index (χ4v) is 4.76. The van der Waals surface area contributed by atoms with E-state index in [1.165, 1.54) is 11.1 Å². The second kappa shape index (κ2) is 10.3. The molecule has 28 heavy (non-hydrogen) atoms. The van der Waals surface area contributed by atoms with E-state index >= 15 is 0 Å². The molecule has 0 spiro atoms. The zero-order chi connectivity index (χ0) is 19.3. The Morgan fingerprint density at radius 1 is 1.18 bits per heavy atom. The van der Waals surface area contributed by atoms with Crippen LogP contribution in [0.4, 0.5) is 0 Å². The third-order valence-electron chi connectivity index (χ3n) is 5.17. The first-order valence-electron chi connectivity index (χ1n) is 9.44. The molecule has 1 aliphatic heterocycles. The summed E-state index contributed by atoms with van der Waals surface area (Å²) in [5, 5.41) is 3.43. The summed E-state index contributed by atoms with van der Waals surface area (Å²) in [6, 6.07) is 15.6. The van der Waals surface area contributed by atoms with Gasteiger partial charge in [-0.25, -0.2) is 8.42 Å². The van der Waals surface area contributed by atoms with Crippen molar-refractivity contribution in [2.45, 2.75) is 24.3 Å². The highest BCUT2D eigenvalue weighted by Crippen LogP contribution is 2.24. The zero-order valence-corrected chi connectivity index (χ0v) is 18.1. The molecule has 0 amide bonds. The minimum atomic E-state index is -3.35. The monoisotopic (exact) mass is 424 g/mol. The Labute approximate surface area is 174 Å². The lowest BCUT2D eigenvalue weighted by atomic mass is 10.0. The molecule has 2 aromatic rings. The molecular formula is C21H29ClN2O3S. The van der Waals surface area contributed by atoms with Crippen LogP contribution in [0.2, 0.25) is 0 Å². The Morgan fingerprint density at radius 2 is 1.93 bits per heavy atom. The van der Waals surface area contributed by atoms with Gasteiger partial charge >= 0.3 is 0 Å². The van der Waals surface area contributed by atoms with E-state index in [1.807, 2.05) is 0 Å². The molecule has 1 N–H and O–H groups in total. The molecule has 0 aliphatic carbocycles. The van der Waals surface area contributed by atoms with Gasteiger partial charge in [0.1, 0.15) is 5.75 Å². The highest BCUT2D eigenvalue weighted by Gasteiger charge is 2.26. The van der Waals surface area contributed by atoms with Crippen LogP contribution in [-0.4, -0.2) is 52.4 Å². The van der Waals surface area contributed by atoms with Gasteiger partial charge in [0, 0.05) is 32.2 Å². The SMILES string of the molecule is CCc1ccc(C2CNCCN2CCS(=O)(=O)c2cccc(OC)c2)cc1.Cl. The first-order valence-corrected chi connectivity index (χ1v) is 11.1. The maximum Gasteiger partial charge on any atom is 0.179 e. The molecule has 1 saturated heterocycles. The topological polar surface area (TPSA) is 58.6 Å². The number of hydrogen-bond acceptors (Lipinski definition) is 5. The number of aryl methyl sites for hydroxylation is 1. The molecule has 5 nitrogen and oxygen atoms in total. The molecule has 154 valence electrons. The van der Waals surface area contributed by atoms with Crippen LogP contribution in [0.3, 0.4) is 0 Å². The molecule has 0 aromatic heterocycles. The number of nitrogens with one attached hydrogen (secondary N) is 1. The first-order chi connectivity index (χ1) is 13.0. The average Bonchev–Trinajstić information content (AvgIpc) is 2.72. The normalized spacial score (nSPS) is 17.7. The molecule has 1 fully saturated rings. The molecule has 0 saturated carbocycles. The summed E-state index contributed by atoms with van der Waals surface area (Å²) >= 11 is 0. The lowest BCUT2D eigenvalue weighted by Gasteiger charge is -2.36. The summed E-state index contributed by atoms with van der Waals surface area (Å²) in [6.45, 7) is 5.22. The number of sulfone groups is 1. The summed E-state index contributed by atoms with van der Waals surface area (Å²) in [5.41, 5.74) is 2.55. The van der Waals surface area contributed by atoms with E-state index in [1.54, 1.807) is 31.4 Å². The molecule has 0 bridgehead atoms. The van der Waals surface area contributed by atoms with E-state index in [-0.39, 0.29) is 24.2 Å². The number of halogens is 1. The maximum atomic E-state index is 12.8. The summed E-state index contributed by atoms with van der Waals surface area (Å²) < 4.78 is 30.7. The maximum absolute atomic E-state index is 12.8. The third kappa shape index (κ3) is 5.47. The van der Waals surface area contributed by atoms with Crippen LogP contribution in [0.15, 0.2) is 53.4 Å². The largest absolute Gasteiger partial charge is 0.497 e. The van der Waals surface area contributed by atoms with Gasteiger partial charge in [0.05, 0.1) is 17.8 Å². The van der Waals surface area contributed by atoms with Crippen molar-refractivity contribution in [2.75, 3.05) is 39.0 Å². The van der Waals surface area contributed by atoms with Gasteiger partial charge in [-0.15, -0.1) is 12.4 Å². The predicted molar refractivity (Wildman–Crippen MR) is 115 cm³/mol. The Bertz CT molecular complexity index is 856. The van der Waals surface area contributed by atoms with Crippen molar-refractivity contribution in [1.82, 2.24) is 10.2 Å². The molecular weight excluding hydrogens is 396 g/mol. The highest BCUT2D eigenvalue weighted by atomic mass is 35.5. The van der Waals surface area contributed by atoms with Crippen molar-refractivity contribution in [3.63, 3.8) is 0 Å². The van der Waals surface area contributed by atoms with Crippen molar-refractivity contribution in [3.05, 3.63) is 59.7 Å². The van der Waals surface area contributed by atoms with E-state index in [0.29, 0.717) is 17.2 Å². The van der Waals surface area contributed by atoms with Crippen molar-refractivity contribution in [1.29, 1.82) is 0 Å². The second-order valence-corrected chi connectivity index (χ2v) is 8.96. The van der Waals surface area contributed by atoms with Gasteiger partial charge in [0.25, 0.3) is 0 Å². The lowest BCUT2D eigenvalue weighted by Crippen LogP contribution is -2.47. The van der Waals surface area contributed by atoms with Gasteiger partial charge in [-0.2, -0.15) is 0 Å². The van der Waals surface area contributed by atoms with E-state index < -0.39 is 9.84 Å². The van der Waals surface area contributed by atoms with E-state index in [9.17, 15) is 8.42 Å². The molecule has 7 heteroatoms. The van der Waals surface area contributed by atoms with Crippen LogP contribution < -0.4 is 10.1 Å². The minimum Gasteiger partial charge on any atom is -0.497 e. The number of hydrogen-bond donors (Lipinski definition) is 1. The summed E-state index contributed by atoms with van der Waals surface area (Å²) in [7, 11) is -1.81. The highest BCUT2D eigenvalue weighted by molar-refractivity contribution is 7.91. The van der Waals surface area contributed by atoms with Crippen LogP contribution in [0.5, 0.6) is 5.75 Å². The lowest BCUT2D eigenvalue weighted by molar-refractivity contribution is 0.172. The van der Waals surface area contributed by atoms with E-state index in [2.05, 4.69) is 41.4 Å². The number of benzene rings is 2. The van der Waals surface area contributed by atoms with Gasteiger partial charge in [0.2, 0.25) is 0 Å². The Hall–Kier alpha value is -1.60. The minimum absolute atomic E-state index is 0. The van der Waals surface area contributed by atoms with Crippen LogP contribution >= 0.6 is 12.4 Å². The fraction of sp³-hybridized carbons (Fsp3) is 0.429. The van der Waals surface area contributed by atoms with E-state index in [0.717, 1.165) is 26.1 Å². The predicted octanol–water partition coefficient (Wildman–Crippen LogP) is 3.10. The van der Waals surface area contributed by atoms with E-state index in [4.69, 9.17) is 4.74 Å². The quantitative estimate of drug-likeness (QED) is 0.740. The number of nitrogens with zero attached hydrogens (tertiary/aromatic N) is 1. The van der Waals surface area contributed by atoms with Gasteiger partial charge < -0.3 is 10.1 Å². The van der Waals surface area contributed by atoms with Crippen LogP contribution in [0, 0.1) is 0 Å². The summed E-state index contributed by atoms with van der Waals surface area (Å²) in [4.78, 5) is 2.59. The fourth-order valence-electron chi connectivity index (χ4n) is 3.47. The number of rotatable bonds is 7. The van der Waals surface area contributed by atoms with Gasteiger partial charge in [0.15, 0.2) is 9.84 Å². The van der Waals surface area contributed by atoms with Crippen LogP contribution in [-0.2, 0) is 16.3 Å². The summed E-state index contributed by atoms with van der Waals surface area (Å²) in [6.07, 6.45) is 1.02. The molecule has 3 rings (SSSR count). The van der Waals surface area contributed by atoms with Gasteiger partial charge in [-0.1, -0.05) is 37.3 Å². The Kier molecular flexibility index (Phi) is 8.31. The van der Waals surface area contributed by atoms with Gasteiger partial charge in [-0.05, 0) is 35.7 Å². The molecule has 1 atom stereocenters. The first kappa shape index (κ1) is 22.7. The van der Waals surface area contributed by atoms with Crippen molar-refractivity contribution in [2.24, 2.45) is 0 Å². The Morgan fingerprint density at radius 3 is 2.61 bits per heavy atom. The van der Waals surface area contributed by atoms with Gasteiger partial charge in [-0.3, -0.25) is 4.90 Å². The number of piperazine rings is 1. The van der Waals surface area contributed by atoms with Crippen molar-refractivity contribution < 1.29 is 13.2 Å². The molecule has 1 unspecified atom stereocenters. The molecule has 1 aliphatic rings. The average molecular weight is 425 g/mol. The Balaban J connectivity index is 0.00000280. The molecule has 1 heterocycles. The standard InChI is InChI=1S/C21H28N2O3S.ClH/c1-3-17-7-9-18(10-8-17)21-16-22-11-12-23(21)13-14-27(24,25)20-6-4-5-19(15-20)26-2;/h4-10,15,21-22H,3,11-14,16H2,1-2H3;1H. The van der Waals surface area contributed by atoms with Crippen molar-refractivity contribution in [3.8, 4) is 5.75 Å². The number of ether oxygens (including phenoxy) is 1. The smallest absolute Gasteiger partial charge is 0.179 e. The second-order valence-electron chi connectivity index (χ2n) is 6.85. The van der Waals surface area contributed by atoms with Crippen LogP contribution in [0.25, 0.3) is 0 Å². The number of methoxy groups -OCH3 is 1. The third-order valence-corrected chi connectivity index (χ3v) is 6.87. The van der Waals surface area contributed by atoms with Crippen LogP contribution in [0.1, 0.15) is 24.1 Å².